The molecule has 4 nitrogen and oxygen atoms in total. The first kappa shape index (κ1) is 16.6. The van der Waals surface area contributed by atoms with Crippen LogP contribution in [-0.2, 0) is 6.42 Å². The molecule has 3 aromatic rings. The zero-order valence-corrected chi connectivity index (χ0v) is 15.2. The molecule has 0 radical (unpaired) electrons. The van der Waals surface area contributed by atoms with E-state index in [1.165, 1.54) is 11.1 Å². The van der Waals surface area contributed by atoms with Gasteiger partial charge in [-0.2, -0.15) is 0 Å². The highest BCUT2D eigenvalue weighted by Crippen LogP contribution is 2.31. The van der Waals surface area contributed by atoms with Gasteiger partial charge in [0.2, 0.25) is 5.43 Å². The van der Waals surface area contributed by atoms with Crippen LogP contribution in [0.3, 0.4) is 0 Å². The number of para-hydroxylation sites is 1. The predicted molar refractivity (Wildman–Crippen MR) is 105 cm³/mol. The minimum atomic E-state index is -0.359. The Bertz CT molecular complexity index is 1060. The van der Waals surface area contributed by atoms with Crippen LogP contribution in [0, 0.1) is 0 Å². The summed E-state index contributed by atoms with van der Waals surface area (Å²) in [4.78, 5) is 25.6. The quantitative estimate of drug-likeness (QED) is 0.759. The van der Waals surface area contributed by atoms with Gasteiger partial charge in [-0.05, 0) is 48.6 Å². The SMILES string of the molecule is CC(C)c1ccc(NC(=O)c2cn3c4c(cccc4c2=O)C[C@H]3C)cc1. The third-order valence-electron chi connectivity index (χ3n) is 5.21. The normalized spacial score (nSPS) is 15.6. The number of nitrogens with one attached hydrogen (secondary N) is 1. The lowest BCUT2D eigenvalue weighted by atomic mass is 10.0. The molecular formula is C22H22N2O2. The van der Waals surface area contributed by atoms with Crippen molar-refractivity contribution >= 4 is 22.5 Å². The summed E-state index contributed by atoms with van der Waals surface area (Å²) in [7, 11) is 0. The highest BCUT2D eigenvalue weighted by molar-refractivity contribution is 6.06. The van der Waals surface area contributed by atoms with E-state index in [1.807, 2.05) is 36.4 Å². The van der Waals surface area contributed by atoms with Crippen molar-refractivity contribution in [3.63, 3.8) is 0 Å². The molecule has 1 aliphatic rings. The average Bonchev–Trinajstić information content (AvgIpc) is 2.94. The lowest BCUT2D eigenvalue weighted by molar-refractivity contribution is 0.102. The van der Waals surface area contributed by atoms with Crippen LogP contribution >= 0.6 is 0 Å². The second kappa shape index (κ2) is 6.13. The van der Waals surface area contributed by atoms with Crippen molar-refractivity contribution in [1.82, 2.24) is 4.57 Å². The van der Waals surface area contributed by atoms with Gasteiger partial charge in [-0.25, -0.2) is 0 Å². The third kappa shape index (κ3) is 2.62. The first-order chi connectivity index (χ1) is 12.5. The molecular weight excluding hydrogens is 324 g/mol. The molecule has 132 valence electrons. The molecule has 1 aromatic heterocycles. The van der Waals surface area contributed by atoms with Crippen molar-refractivity contribution in [1.29, 1.82) is 0 Å². The minimum absolute atomic E-state index is 0.191. The topological polar surface area (TPSA) is 51.1 Å². The van der Waals surface area contributed by atoms with Crippen molar-refractivity contribution in [3.8, 4) is 0 Å². The van der Waals surface area contributed by atoms with Crippen LogP contribution in [0.5, 0.6) is 0 Å². The van der Waals surface area contributed by atoms with Crippen LogP contribution in [0.1, 0.15) is 54.2 Å². The maximum absolute atomic E-state index is 12.9. The number of hydrogen-bond acceptors (Lipinski definition) is 2. The number of rotatable bonds is 3. The van der Waals surface area contributed by atoms with Crippen molar-refractivity contribution in [2.24, 2.45) is 0 Å². The van der Waals surface area contributed by atoms with Crippen molar-refractivity contribution in [2.45, 2.75) is 39.2 Å². The van der Waals surface area contributed by atoms with Gasteiger partial charge in [-0.1, -0.05) is 38.1 Å². The lowest BCUT2D eigenvalue weighted by Crippen LogP contribution is -2.23. The van der Waals surface area contributed by atoms with Crippen LogP contribution in [0.2, 0.25) is 0 Å². The van der Waals surface area contributed by atoms with Gasteiger partial charge in [0.05, 0.1) is 5.52 Å². The fraction of sp³-hybridized carbons (Fsp3) is 0.273. The molecule has 0 unspecified atom stereocenters. The molecule has 1 amide bonds. The second-order valence-corrected chi connectivity index (χ2v) is 7.38. The number of pyridine rings is 1. The molecule has 0 aliphatic carbocycles. The number of hydrogen-bond donors (Lipinski definition) is 1. The first-order valence-corrected chi connectivity index (χ1v) is 9.03. The van der Waals surface area contributed by atoms with E-state index in [2.05, 4.69) is 36.7 Å². The van der Waals surface area contributed by atoms with Gasteiger partial charge >= 0.3 is 0 Å². The molecule has 0 saturated carbocycles. The standard InChI is InChI=1S/C22H22N2O2/c1-13(2)15-7-9-17(10-8-15)23-22(26)19-12-24-14(3)11-16-5-4-6-18(20(16)24)21(19)25/h4-10,12-14H,11H2,1-3H3,(H,23,26)/t14-/m1/s1. The third-order valence-corrected chi connectivity index (χ3v) is 5.21. The van der Waals surface area contributed by atoms with E-state index in [9.17, 15) is 9.59 Å². The van der Waals surface area contributed by atoms with Crippen LogP contribution in [0.4, 0.5) is 5.69 Å². The average molecular weight is 346 g/mol. The van der Waals surface area contributed by atoms with Crippen LogP contribution in [0.15, 0.2) is 53.5 Å². The summed E-state index contributed by atoms with van der Waals surface area (Å²) in [6.07, 6.45) is 2.60. The van der Waals surface area contributed by atoms with Crippen molar-refractivity contribution < 1.29 is 4.79 Å². The van der Waals surface area contributed by atoms with Gasteiger partial charge in [0.1, 0.15) is 5.56 Å². The van der Waals surface area contributed by atoms with Gasteiger partial charge in [0, 0.05) is 23.3 Å². The zero-order valence-electron chi connectivity index (χ0n) is 15.2. The summed E-state index contributed by atoms with van der Waals surface area (Å²) in [5.74, 6) is 0.0761. The molecule has 1 atom stereocenters. The number of amides is 1. The predicted octanol–water partition coefficient (Wildman–Crippen LogP) is 4.49. The molecule has 0 saturated heterocycles. The number of benzene rings is 2. The fourth-order valence-corrected chi connectivity index (χ4v) is 3.73. The maximum atomic E-state index is 12.9. The Balaban J connectivity index is 1.72. The van der Waals surface area contributed by atoms with Gasteiger partial charge < -0.3 is 9.88 Å². The van der Waals surface area contributed by atoms with E-state index in [4.69, 9.17) is 0 Å². The van der Waals surface area contributed by atoms with E-state index in [0.717, 1.165) is 11.9 Å². The number of anilines is 1. The summed E-state index contributed by atoms with van der Waals surface area (Å²) in [6, 6.07) is 13.8. The summed E-state index contributed by atoms with van der Waals surface area (Å²) < 4.78 is 2.06. The van der Waals surface area contributed by atoms with Gasteiger partial charge in [0.15, 0.2) is 0 Å². The Kier molecular flexibility index (Phi) is 3.91. The molecule has 2 aromatic carbocycles. The van der Waals surface area contributed by atoms with E-state index in [0.29, 0.717) is 17.0 Å². The molecule has 0 bridgehead atoms. The largest absolute Gasteiger partial charge is 0.343 e. The fourth-order valence-electron chi connectivity index (χ4n) is 3.73. The minimum Gasteiger partial charge on any atom is -0.343 e. The van der Waals surface area contributed by atoms with E-state index >= 15 is 0 Å². The number of aromatic nitrogens is 1. The highest BCUT2D eigenvalue weighted by Gasteiger charge is 2.24. The second-order valence-electron chi connectivity index (χ2n) is 7.38. The Morgan fingerprint density at radius 2 is 1.88 bits per heavy atom. The van der Waals surface area contributed by atoms with Crippen molar-refractivity contribution in [2.75, 3.05) is 5.32 Å². The smallest absolute Gasteiger partial charge is 0.261 e. The van der Waals surface area contributed by atoms with E-state index in [-0.39, 0.29) is 22.9 Å². The highest BCUT2D eigenvalue weighted by atomic mass is 16.2. The molecule has 1 N–H and O–H groups in total. The summed E-state index contributed by atoms with van der Waals surface area (Å²) in [6.45, 7) is 6.36. The Morgan fingerprint density at radius 1 is 1.15 bits per heavy atom. The van der Waals surface area contributed by atoms with Gasteiger partial charge in [0.25, 0.3) is 5.91 Å². The first-order valence-electron chi connectivity index (χ1n) is 9.03. The van der Waals surface area contributed by atoms with E-state index < -0.39 is 0 Å². The summed E-state index contributed by atoms with van der Waals surface area (Å²) in [5.41, 5.74) is 4.02. The summed E-state index contributed by atoms with van der Waals surface area (Å²) >= 11 is 0. The van der Waals surface area contributed by atoms with Crippen LogP contribution in [0.25, 0.3) is 10.9 Å². The summed E-state index contributed by atoms with van der Waals surface area (Å²) in [5, 5.41) is 3.48. The Labute approximate surface area is 152 Å². The maximum Gasteiger partial charge on any atom is 0.261 e. The Morgan fingerprint density at radius 3 is 2.58 bits per heavy atom. The lowest BCUT2D eigenvalue weighted by Gasteiger charge is -2.13. The number of nitrogens with zero attached hydrogens (tertiary/aromatic N) is 1. The zero-order chi connectivity index (χ0) is 18.4. The number of carbonyl (C=O) groups excluding carboxylic acids is 1. The van der Waals surface area contributed by atoms with Crippen LogP contribution < -0.4 is 10.7 Å². The number of carbonyl (C=O) groups is 1. The molecule has 4 heteroatoms. The van der Waals surface area contributed by atoms with Gasteiger partial charge in [-0.3, -0.25) is 9.59 Å². The molecule has 1 aliphatic heterocycles. The van der Waals surface area contributed by atoms with Crippen LogP contribution in [-0.4, -0.2) is 10.5 Å². The molecule has 0 fully saturated rings. The molecule has 2 heterocycles. The molecule has 26 heavy (non-hydrogen) atoms. The molecule has 4 rings (SSSR count). The Hall–Kier alpha value is -2.88. The van der Waals surface area contributed by atoms with E-state index in [1.54, 1.807) is 6.20 Å². The van der Waals surface area contributed by atoms with Gasteiger partial charge in [-0.15, -0.1) is 0 Å². The monoisotopic (exact) mass is 346 g/mol. The molecule has 0 spiro atoms. The van der Waals surface area contributed by atoms with Crippen molar-refractivity contribution in [3.05, 3.63) is 75.6 Å².